The van der Waals surface area contributed by atoms with E-state index in [1.807, 2.05) is 24.4 Å². The van der Waals surface area contributed by atoms with E-state index < -0.39 is 10.0 Å². The average molecular weight is 329 g/mol. The lowest BCUT2D eigenvalue weighted by atomic mass is 10.2. The van der Waals surface area contributed by atoms with Crippen molar-refractivity contribution in [3.8, 4) is 0 Å². The lowest BCUT2D eigenvalue weighted by molar-refractivity contribution is 0.277. The molecule has 2 rings (SSSR count). The zero-order valence-electron chi connectivity index (χ0n) is 12.2. The molecule has 0 aliphatic rings. The Bertz CT molecular complexity index is 692. The van der Waals surface area contributed by atoms with Gasteiger partial charge in [0.25, 0.3) is 10.0 Å². The summed E-state index contributed by atoms with van der Waals surface area (Å²) in [7, 11) is -2.19. The van der Waals surface area contributed by atoms with E-state index in [2.05, 4.69) is 10.2 Å². The van der Waals surface area contributed by atoms with Crippen LogP contribution in [-0.2, 0) is 23.1 Å². The highest BCUT2D eigenvalue weighted by atomic mass is 32.2. The third-order valence-electron chi connectivity index (χ3n) is 3.51. The third kappa shape index (κ3) is 3.18. The maximum atomic E-state index is 12.6. The van der Waals surface area contributed by atoms with Gasteiger partial charge in [-0.2, -0.15) is 9.40 Å². The van der Waals surface area contributed by atoms with Gasteiger partial charge >= 0.3 is 0 Å². The Kier molecular flexibility index (Phi) is 4.82. The topological polar surface area (TPSA) is 86.3 Å². The molecular formula is C13H19N3O3S2. The second kappa shape index (κ2) is 6.27. The van der Waals surface area contributed by atoms with Crippen molar-refractivity contribution in [2.24, 2.45) is 0 Å². The number of H-pyrrole nitrogens is 1. The van der Waals surface area contributed by atoms with Crippen molar-refractivity contribution in [1.29, 1.82) is 0 Å². The Hall–Kier alpha value is -1.22. The summed E-state index contributed by atoms with van der Waals surface area (Å²) in [4.78, 5) is 1.13. The maximum absolute atomic E-state index is 12.6. The van der Waals surface area contributed by atoms with Crippen LogP contribution in [0.2, 0.25) is 0 Å². The summed E-state index contributed by atoms with van der Waals surface area (Å²) in [6.07, 6.45) is 0.644. The molecule has 2 aromatic heterocycles. The number of likely N-dealkylation sites (N-methyl/N-ethyl adjacent to an activating group) is 1. The largest absolute Gasteiger partial charge is 0.392 e. The smallest absolute Gasteiger partial charge is 0.262 e. The first kappa shape index (κ1) is 16.2. The molecule has 8 heteroatoms. The van der Waals surface area contributed by atoms with Crippen molar-refractivity contribution in [3.05, 3.63) is 33.6 Å². The van der Waals surface area contributed by atoms with E-state index in [9.17, 15) is 13.5 Å². The fourth-order valence-electron chi connectivity index (χ4n) is 2.05. The number of aromatic nitrogens is 2. The van der Waals surface area contributed by atoms with Crippen molar-refractivity contribution in [2.75, 3.05) is 7.05 Å². The number of thiophene rings is 1. The van der Waals surface area contributed by atoms with Gasteiger partial charge in [0.2, 0.25) is 0 Å². The lowest BCUT2D eigenvalue weighted by Crippen LogP contribution is -2.37. The minimum atomic E-state index is -3.73. The number of aliphatic hydroxyl groups excluding tert-OH is 1. The van der Waals surface area contributed by atoms with E-state index in [0.717, 1.165) is 4.88 Å². The first-order valence-electron chi connectivity index (χ1n) is 6.53. The molecule has 2 aromatic rings. The Labute approximate surface area is 128 Å². The molecule has 2 heterocycles. The Morgan fingerprint density at radius 2 is 2.24 bits per heavy atom. The fourth-order valence-corrected chi connectivity index (χ4v) is 4.39. The van der Waals surface area contributed by atoms with Crippen LogP contribution < -0.4 is 0 Å². The Balaban J connectivity index is 2.25. The minimum Gasteiger partial charge on any atom is -0.392 e. The van der Waals surface area contributed by atoms with Crippen molar-refractivity contribution in [2.45, 2.75) is 37.9 Å². The molecule has 116 valence electrons. The molecule has 6 nitrogen and oxygen atoms in total. The van der Waals surface area contributed by atoms with Crippen molar-refractivity contribution >= 4 is 21.4 Å². The van der Waals surface area contributed by atoms with Gasteiger partial charge in [0.1, 0.15) is 0 Å². The third-order valence-corrected chi connectivity index (χ3v) is 6.36. The summed E-state index contributed by atoms with van der Waals surface area (Å²) >= 11 is 1.60. The summed E-state index contributed by atoms with van der Waals surface area (Å²) in [5.74, 6) is 0. The molecule has 0 aliphatic carbocycles. The zero-order valence-corrected chi connectivity index (χ0v) is 13.8. The molecule has 0 saturated carbocycles. The number of aromatic amines is 1. The summed E-state index contributed by atoms with van der Waals surface area (Å²) in [6.45, 7) is 3.19. The monoisotopic (exact) mass is 329 g/mol. The van der Waals surface area contributed by atoms with E-state index in [-0.39, 0.29) is 17.7 Å². The van der Waals surface area contributed by atoms with Gasteiger partial charge in [-0.05, 0) is 31.7 Å². The van der Waals surface area contributed by atoms with Crippen LogP contribution >= 0.6 is 11.3 Å². The van der Waals surface area contributed by atoms with Crippen LogP contribution in [0.1, 0.15) is 23.1 Å². The first-order chi connectivity index (χ1) is 9.87. The number of aliphatic hydroxyl groups is 1. The number of hydrogen-bond donors (Lipinski definition) is 2. The molecule has 0 aromatic carbocycles. The molecule has 0 fully saturated rings. The van der Waals surface area contributed by atoms with E-state index in [1.165, 1.54) is 4.31 Å². The van der Waals surface area contributed by atoms with E-state index in [0.29, 0.717) is 17.7 Å². The normalized spacial score (nSPS) is 13.8. The van der Waals surface area contributed by atoms with Gasteiger partial charge in [-0.1, -0.05) is 6.07 Å². The first-order valence-corrected chi connectivity index (χ1v) is 8.85. The minimum absolute atomic E-state index is 0.0944. The summed E-state index contributed by atoms with van der Waals surface area (Å²) in [6, 6.07) is 3.74. The van der Waals surface area contributed by atoms with Gasteiger partial charge in [0.05, 0.1) is 6.61 Å². The van der Waals surface area contributed by atoms with E-state index >= 15 is 0 Å². The van der Waals surface area contributed by atoms with E-state index in [1.54, 1.807) is 25.3 Å². The molecule has 0 bridgehead atoms. The SMILES string of the molecule is Cc1[nH]nc(S(=O)(=O)N(C)C(C)Cc2cccs2)c1CO. The lowest BCUT2D eigenvalue weighted by Gasteiger charge is -2.23. The average Bonchev–Trinajstić information content (AvgIpc) is 3.07. The molecule has 2 N–H and O–H groups in total. The second-order valence-corrected chi connectivity index (χ2v) is 7.89. The Morgan fingerprint density at radius 1 is 1.52 bits per heavy atom. The van der Waals surface area contributed by atoms with Gasteiger partial charge in [-0.15, -0.1) is 11.3 Å². The number of nitrogens with one attached hydrogen (secondary N) is 1. The molecule has 1 unspecified atom stereocenters. The molecule has 1 atom stereocenters. The van der Waals surface area contributed by atoms with Gasteiger partial charge in [0.15, 0.2) is 5.03 Å². The highest BCUT2D eigenvalue weighted by Gasteiger charge is 2.31. The van der Waals surface area contributed by atoms with E-state index in [4.69, 9.17) is 0 Å². The van der Waals surface area contributed by atoms with Crippen LogP contribution in [0.3, 0.4) is 0 Å². The summed E-state index contributed by atoms with van der Waals surface area (Å²) < 4.78 is 26.6. The molecule has 21 heavy (non-hydrogen) atoms. The predicted molar refractivity (Wildman–Crippen MR) is 81.7 cm³/mol. The van der Waals surface area contributed by atoms with Gasteiger partial charge in [0, 0.05) is 29.2 Å². The molecule has 0 amide bonds. The fraction of sp³-hybridized carbons (Fsp3) is 0.462. The van der Waals surface area contributed by atoms with Crippen molar-refractivity contribution in [3.63, 3.8) is 0 Å². The number of aryl methyl sites for hydroxylation is 1. The molecule has 0 spiro atoms. The number of nitrogens with zero attached hydrogens (tertiary/aromatic N) is 2. The summed E-state index contributed by atoms with van der Waals surface area (Å²) in [5.41, 5.74) is 0.889. The van der Waals surface area contributed by atoms with Crippen LogP contribution in [0.4, 0.5) is 0 Å². The van der Waals surface area contributed by atoms with Gasteiger partial charge < -0.3 is 5.11 Å². The quantitative estimate of drug-likeness (QED) is 0.841. The van der Waals surface area contributed by atoms with Crippen LogP contribution in [0.5, 0.6) is 0 Å². The van der Waals surface area contributed by atoms with Crippen LogP contribution in [-0.4, -0.2) is 41.1 Å². The molecular weight excluding hydrogens is 310 g/mol. The highest BCUT2D eigenvalue weighted by Crippen LogP contribution is 2.23. The zero-order chi connectivity index (χ0) is 15.6. The highest BCUT2D eigenvalue weighted by molar-refractivity contribution is 7.89. The van der Waals surface area contributed by atoms with Crippen LogP contribution in [0, 0.1) is 6.92 Å². The van der Waals surface area contributed by atoms with Crippen molar-refractivity contribution < 1.29 is 13.5 Å². The Morgan fingerprint density at radius 3 is 2.81 bits per heavy atom. The number of sulfonamides is 1. The standard InChI is InChI=1S/C13H19N3O3S2/c1-9(7-11-5-4-6-20-11)16(3)21(18,19)13-12(8-17)10(2)14-15-13/h4-6,9,17H,7-8H2,1-3H3,(H,14,15). The van der Waals surface area contributed by atoms with Crippen LogP contribution in [0.15, 0.2) is 22.5 Å². The van der Waals surface area contributed by atoms with Gasteiger partial charge in [-0.3, -0.25) is 5.10 Å². The van der Waals surface area contributed by atoms with Gasteiger partial charge in [-0.25, -0.2) is 8.42 Å². The van der Waals surface area contributed by atoms with Crippen LogP contribution in [0.25, 0.3) is 0 Å². The molecule has 0 radical (unpaired) electrons. The number of hydrogen-bond acceptors (Lipinski definition) is 5. The second-order valence-electron chi connectivity index (χ2n) is 4.94. The molecule has 0 saturated heterocycles. The molecule has 0 aliphatic heterocycles. The number of rotatable bonds is 6. The summed E-state index contributed by atoms with van der Waals surface area (Å²) in [5, 5.41) is 17.7. The predicted octanol–water partition coefficient (Wildman–Crippen LogP) is 1.52. The maximum Gasteiger partial charge on any atom is 0.262 e. The van der Waals surface area contributed by atoms with Crippen molar-refractivity contribution in [1.82, 2.24) is 14.5 Å².